The lowest BCUT2D eigenvalue weighted by atomic mass is 9.96. The summed E-state index contributed by atoms with van der Waals surface area (Å²) in [5, 5.41) is 15.1. The number of carbonyl (C=O) groups is 1. The average Bonchev–Trinajstić information content (AvgIpc) is 2.98. The smallest absolute Gasteiger partial charge is 0.320 e. The van der Waals surface area contributed by atoms with Gasteiger partial charge < -0.3 is 5.11 Å². The van der Waals surface area contributed by atoms with Gasteiger partial charge in [-0.3, -0.25) is 9.48 Å². The van der Waals surface area contributed by atoms with Crippen molar-refractivity contribution in [2.24, 2.45) is 7.05 Å². The fourth-order valence-corrected chi connectivity index (χ4v) is 4.10. The zero-order valence-electron chi connectivity index (χ0n) is 10.8. The normalized spacial score (nSPS) is 23.0. The molecule has 1 aromatic carbocycles. The van der Waals surface area contributed by atoms with Gasteiger partial charge in [0, 0.05) is 18.9 Å². The molecule has 0 saturated carbocycles. The molecular formula is C14H16N2O2S. The number of nitrogens with zero attached hydrogens (tertiary/aromatic N) is 2. The van der Waals surface area contributed by atoms with Crippen LogP contribution in [0.5, 0.6) is 0 Å². The van der Waals surface area contributed by atoms with E-state index in [0.717, 1.165) is 35.2 Å². The number of para-hydroxylation sites is 1. The van der Waals surface area contributed by atoms with Crippen molar-refractivity contribution < 1.29 is 9.90 Å². The number of fused-ring (bicyclic) bond motifs is 1. The van der Waals surface area contributed by atoms with Gasteiger partial charge in [0.25, 0.3) is 0 Å². The van der Waals surface area contributed by atoms with Crippen molar-refractivity contribution in [3.05, 3.63) is 30.0 Å². The highest BCUT2D eigenvalue weighted by atomic mass is 32.2. The molecule has 1 aliphatic rings. The molecule has 2 heterocycles. The molecule has 0 amide bonds. The summed E-state index contributed by atoms with van der Waals surface area (Å²) in [6.45, 7) is 0. The molecule has 1 atom stereocenters. The van der Waals surface area contributed by atoms with Gasteiger partial charge >= 0.3 is 5.97 Å². The highest BCUT2D eigenvalue weighted by Gasteiger charge is 2.43. The first-order valence-corrected chi connectivity index (χ1v) is 7.39. The first-order valence-electron chi connectivity index (χ1n) is 6.40. The van der Waals surface area contributed by atoms with E-state index in [1.807, 2.05) is 36.0 Å². The number of hydrogen-bond donors (Lipinski definition) is 1. The molecule has 3 rings (SSSR count). The second kappa shape index (κ2) is 4.56. The Kier molecular flexibility index (Phi) is 3.01. The molecule has 0 aliphatic carbocycles. The molecule has 100 valence electrons. The van der Waals surface area contributed by atoms with E-state index < -0.39 is 10.7 Å². The Morgan fingerprint density at radius 3 is 3.00 bits per heavy atom. The van der Waals surface area contributed by atoms with Crippen LogP contribution in [0.25, 0.3) is 10.9 Å². The molecule has 1 aromatic heterocycles. The lowest BCUT2D eigenvalue weighted by Gasteiger charge is -2.21. The van der Waals surface area contributed by atoms with E-state index in [4.69, 9.17) is 0 Å². The van der Waals surface area contributed by atoms with Gasteiger partial charge in [-0.05, 0) is 24.7 Å². The largest absolute Gasteiger partial charge is 0.480 e. The molecule has 19 heavy (non-hydrogen) atoms. The van der Waals surface area contributed by atoms with Crippen LogP contribution < -0.4 is 0 Å². The predicted octanol–water partition coefficient (Wildman–Crippen LogP) is 2.47. The first-order chi connectivity index (χ1) is 9.12. The van der Waals surface area contributed by atoms with Crippen molar-refractivity contribution in [2.45, 2.75) is 24.0 Å². The maximum absolute atomic E-state index is 11.6. The van der Waals surface area contributed by atoms with Gasteiger partial charge in [0.15, 0.2) is 0 Å². The van der Waals surface area contributed by atoms with Crippen LogP contribution >= 0.6 is 11.8 Å². The Hall–Kier alpha value is -1.49. The molecule has 1 N–H and O–H groups in total. The molecule has 5 heteroatoms. The van der Waals surface area contributed by atoms with Crippen LogP contribution in [0, 0.1) is 0 Å². The molecular weight excluding hydrogens is 260 g/mol. The van der Waals surface area contributed by atoms with E-state index in [1.54, 1.807) is 11.8 Å². The van der Waals surface area contributed by atoms with Crippen molar-refractivity contribution >= 4 is 28.6 Å². The van der Waals surface area contributed by atoms with E-state index in [2.05, 4.69) is 5.10 Å². The van der Waals surface area contributed by atoms with Gasteiger partial charge in [0.05, 0.1) is 11.2 Å². The second-order valence-electron chi connectivity index (χ2n) is 5.02. The van der Waals surface area contributed by atoms with E-state index in [1.165, 1.54) is 0 Å². The van der Waals surface area contributed by atoms with Gasteiger partial charge in [0.2, 0.25) is 0 Å². The summed E-state index contributed by atoms with van der Waals surface area (Å²) >= 11 is 1.56. The Morgan fingerprint density at radius 2 is 2.32 bits per heavy atom. The molecule has 1 aliphatic heterocycles. The Balaban J connectivity index is 2.03. The molecule has 4 nitrogen and oxygen atoms in total. The molecule has 0 radical (unpaired) electrons. The number of rotatable bonds is 3. The second-order valence-corrected chi connectivity index (χ2v) is 6.49. The topological polar surface area (TPSA) is 55.1 Å². The van der Waals surface area contributed by atoms with Crippen LogP contribution in [-0.2, 0) is 18.3 Å². The van der Waals surface area contributed by atoms with Crippen LogP contribution in [0.15, 0.2) is 24.3 Å². The van der Waals surface area contributed by atoms with Crippen LogP contribution in [0.1, 0.15) is 18.5 Å². The van der Waals surface area contributed by atoms with E-state index >= 15 is 0 Å². The first kappa shape index (κ1) is 12.5. The minimum atomic E-state index is -0.704. The summed E-state index contributed by atoms with van der Waals surface area (Å²) < 4.78 is 1.15. The molecule has 1 fully saturated rings. The van der Waals surface area contributed by atoms with Crippen molar-refractivity contribution in [2.75, 3.05) is 5.75 Å². The van der Waals surface area contributed by atoms with Gasteiger partial charge in [-0.1, -0.05) is 18.2 Å². The summed E-state index contributed by atoms with van der Waals surface area (Å²) in [6, 6.07) is 7.99. The number of aromatic nitrogens is 2. The highest BCUT2D eigenvalue weighted by molar-refractivity contribution is 8.01. The van der Waals surface area contributed by atoms with Gasteiger partial charge in [-0.25, -0.2) is 0 Å². The maximum Gasteiger partial charge on any atom is 0.320 e. The van der Waals surface area contributed by atoms with E-state index in [9.17, 15) is 9.90 Å². The standard InChI is InChI=1S/C14H16N2O2S/c1-16-12-6-3-2-5-10(12)11(15-16)9-14(13(17)18)7-4-8-19-14/h2-3,5-6H,4,7-9H2,1H3,(H,17,18). The maximum atomic E-state index is 11.6. The zero-order valence-corrected chi connectivity index (χ0v) is 11.6. The fourth-order valence-electron chi connectivity index (χ4n) is 2.77. The molecule has 1 unspecified atom stereocenters. The summed E-state index contributed by atoms with van der Waals surface area (Å²) in [6.07, 6.45) is 2.22. The SMILES string of the molecule is Cn1nc(CC2(C(=O)O)CCCS2)c2ccccc21. The Labute approximate surface area is 115 Å². The molecule has 2 aromatic rings. The van der Waals surface area contributed by atoms with Crippen LogP contribution in [0.3, 0.4) is 0 Å². The molecule has 0 spiro atoms. The summed E-state index contributed by atoms with van der Waals surface area (Å²) in [5.74, 6) is 0.224. The Bertz CT molecular complexity index is 629. The average molecular weight is 276 g/mol. The number of aliphatic carboxylic acids is 1. The van der Waals surface area contributed by atoms with Gasteiger partial charge in [-0.2, -0.15) is 5.10 Å². The number of hydrogen-bond acceptors (Lipinski definition) is 3. The fraction of sp³-hybridized carbons (Fsp3) is 0.429. The van der Waals surface area contributed by atoms with E-state index in [-0.39, 0.29) is 0 Å². The number of aryl methyl sites for hydroxylation is 1. The Morgan fingerprint density at radius 1 is 1.53 bits per heavy atom. The van der Waals surface area contributed by atoms with Crippen LogP contribution in [0.2, 0.25) is 0 Å². The monoisotopic (exact) mass is 276 g/mol. The number of carboxylic acids is 1. The van der Waals surface area contributed by atoms with Crippen molar-refractivity contribution in [3.63, 3.8) is 0 Å². The lowest BCUT2D eigenvalue weighted by molar-refractivity contribution is -0.139. The van der Waals surface area contributed by atoms with Crippen molar-refractivity contribution in [1.29, 1.82) is 0 Å². The summed E-state index contributed by atoms with van der Waals surface area (Å²) in [5.41, 5.74) is 1.95. The minimum absolute atomic E-state index is 0.508. The number of carboxylic acid groups (broad SMARTS) is 1. The third kappa shape index (κ3) is 2.02. The zero-order chi connectivity index (χ0) is 13.5. The van der Waals surface area contributed by atoms with Crippen molar-refractivity contribution in [1.82, 2.24) is 9.78 Å². The molecule has 0 bridgehead atoms. The molecule has 1 saturated heterocycles. The van der Waals surface area contributed by atoms with Gasteiger partial charge in [0.1, 0.15) is 4.75 Å². The highest BCUT2D eigenvalue weighted by Crippen LogP contribution is 2.41. The third-order valence-corrected chi connectivity index (χ3v) is 5.35. The third-order valence-electron chi connectivity index (χ3n) is 3.78. The summed E-state index contributed by atoms with van der Waals surface area (Å²) in [7, 11) is 1.90. The summed E-state index contributed by atoms with van der Waals surface area (Å²) in [4.78, 5) is 11.6. The minimum Gasteiger partial charge on any atom is -0.480 e. The van der Waals surface area contributed by atoms with Gasteiger partial charge in [-0.15, -0.1) is 11.8 Å². The van der Waals surface area contributed by atoms with Crippen LogP contribution in [0.4, 0.5) is 0 Å². The number of benzene rings is 1. The van der Waals surface area contributed by atoms with Crippen molar-refractivity contribution in [3.8, 4) is 0 Å². The number of thioether (sulfide) groups is 1. The predicted molar refractivity (Wildman–Crippen MR) is 76.5 cm³/mol. The van der Waals surface area contributed by atoms with Crippen LogP contribution in [-0.4, -0.2) is 31.4 Å². The lowest BCUT2D eigenvalue weighted by Crippen LogP contribution is -2.35. The quantitative estimate of drug-likeness (QED) is 0.935. The van der Waals surface area contributed by atoms with E-state index in [0.29, 0.717) is 6.42 Å².